The highest BCUT2D eigenvalue weighted by Crippen LogP contribution is 2.24. The van der Waals surface area contributed by atoms with E-state index in [1.807, 2.05) is 30.3 Å². The Morgan fingerprint density at radius 3 is 2.37 bits per heavy atom. The van der Waals surface area contributed by atoms with Crippen LogP contribution in [0.5, 0.6) is 0 Å². The number of benzene rings is 2. The summed E-state index contributed by atoms with van der Waals surface area (Å²) in [5, 5.41) is 10.7. The van der Waals surface area contributed by atoms with Gasteiger partial charge < -0.3 is 0 Å². The fourth-order valence-corrected chi connectivity index (χ4v) is 1.90. The molecule has 4 nitrogen and oxygen atoms in total. The molecule has 0 atom stereocenters. The predicted octanol–water partition coefficient (Wildman–Crippen LogP) is 3.39. The summed E-state index contributed by atoms with van der Waals surface area (Å²) in [6.45, 7) is 1.55. The highest BCUT2D eigenvalue weighted by atomic mass is 16.6. The highest BCUT2D eigenvalue weighted by Gasteiger charge is 2.07. The van der Waals surface area contributed by atoms with Gasteiger partial charge in [-0.15, -0.1) is 0 Å². The van der Waals surface area contributed by atoms with Crippen molar-refractivity contribution in [3.05, 3.63) is 64.2 Å². The van der Waals surface area contributed by atoms with Gasteiger partial charge >= 0.3 is 0 Å². The van der Waals surface area contributed by atoms with Crippen molar-refractivity contribution in [3.63, 3.8) is 0 Å². The lowest BCUT2D eigenvalue weighted by atomic mass is 10.0. The molecule has 0 amide bonds. The van der Waals surface area contributed by atoms with Gasteiger partial charge in [0.25, 0.3) is 5.69 Å². The summed E-state index contributed by atoms with van der Waals surface area (Å²) in [4.78, 5) is 21.3. The first-order chi connectivity index (χ1) is 9.06. The molecular weight excluding hydrogens is 242 g/mol. The zero-order chi connectivity index (χ0) is 13.8. The number of nitrogens with zero attached hydrogens (tertiary/aromatic N) is 1. The van der Waals surface area contributed by atoms with Gasteiger partial charge in [0.2, 0.25) is 0 Å². The fourth-order valence-electron chi connectivity index (χ4n) is 1.90. The lowest BCUT2D eigenvalue weighted by Crippen LogP contribution is -1.95. The lowest BCUT2D eigenvalue weighted by Gasteiger charge is -2.03. The van der Waals surface area contributed by atoms with Crippen LogP contribution in [0.25, 0.3) is 11.1 Å². The van der Waals surface area contributed by atoms with E-state index in [4.69, 9.17) is 0 Å². The average molecular weight is 255 g/mol. The second kappa shape index (κ2) is 5.44. The molecule has 0 aliphatic rings. The van der Waals surface area contributed by atoms with E-state index in [1.165, 1.54) is 6.07 Å². The monoisotopic (exact) mass is 255 g/mol. The average Bonchev–Trinajstić information content (AvgIpc) is 2.39. The van der Waals surface area contributed by atoms with Crippen LogP contribution in [0.15, 0.2) is 48.5 Å². The van der Waals surface area contributed by atoms with E-state index in [1.54, 1.807) is 19.1 Å². The predicted molar refractivity (Wildman–Crippen MR) is 72.9 cm³/mol. The summed E-state index contributed by atoms with van der Waals surface area (Å²) < 4.78 is 0. The third kappa shape index (κ3) is 3.25. The van der Waals surface area contributed by atoms with Crippen LogP contribution in [0.1, 0.15) is 12.5 Å². The molecule has 19 heavy (non-hydrogen) atoms. The number of hydrogen-bond acceptors (Lipinski definition) is 3. The molecule has 0 aliphatic carbocycles. The molecule has 2 aromatic rings. The van der Waals surface area contributed by atoms with Crippen molar-refractivity contribution in [1.29, 1.82) is 0 Å². The van der Waals surface area contributed by atoms with Crippen molar-refractivity contribution < 1.29 is 9.72 Å². The number of carbonyl (C=O) groups excluding carboxylic acids is 1. The van der Waals surface area contributed by atoms with Gasteiger partial charge in [-0.05, 0) is 23.6 Å². The number of nitro groups is 1. The Labute approximate surface area is 110 Å². The van der Waals surface area contributed by atoms with Crippen LogP contribution in [0.4, 0.5) is 5.69 Å². The molecule has 0 bridgehead atoms. The van der Waals surface area contributed by atoms with Crippen LogP contribution in [0, 0.1) is 10.1 Å². The van der Waals surface area contributed by atoms with Crippen molar-refractivity contribution >= 4 is 11.5 Å². The smallest absolute Gasteiger partial charge is 0.270 e. The topological polar surface area (TPSA) is 60.2 Å². The summed E-state index contributed by atoms with van der Waals surface area (Å²) in [6.07, 6.45) is 0.412. The van der Waals surface area contributed by atoms with Gasteiger partial charge in [0.1, 0.15) is 5.78 Å². The Balaban J connectivity index is 2.29. The van der Waals surface area contributed by atoms with Gasteiger partial charge in [-0.3, -0.25) is 14.9 Å². The molecule has 0 fully saturated rings. The van der Waals surface area contributed by atoms with Crippen molar-refractivity contribution in [2.45, 2.75) is 13.3 Å². The minimum atomic E-state index is -0.409. The highest BCUT2D eigenvalue weighted by molar-refractivity contribution is 5.78. The molecule has 0 aromatic heterocycles. The second-order valence-corrected chi connectivity index (χ2v) is 4.38. The first-order valence-corrected chi connectivity index (χ1v) is 5.89. The first kappa shape index (κ1) is 13.0. The maximum absolute atomic E-state index is 11.0. The molecule has 2 rings (SSSR count). The third-order valence-electron chi connectivity index (χ3n) is 2.80. The van der Waals surface area contributed by atoms with Gasteiger partial charge in [-0.1, -0.05) is 36.4 Å². The van der Waals surface area contributed by atoms with E-state index < -0.39 is 4.92 Å². The molecule has 0 N–H and O–H groups in total. The van der Waals surface area contributed by atoms with E-state index in [-0.39, 0.29) is 11.5 Å². The Kier molecular flexibility index (Phi) is 3.71. The van der Waals surface area contributed by atoms with Crippen molar-refractivity contribution in [1.82, 2.24) is 0 Å². The van der Waals surface area contributed by atoms with Crippen LogP contribution >= 0.6 is 0 Å². The van der Waals surface area contributed by atoms with E-state index in [0.29, 0.717) is 6.42 Å². The molecule has 0 aliphatic heterocycles. The summed E-state index contributed by atoms with van der Waals surface area (Å²) >= 11 is 0. The number of carbonyl (C=O) groups is 1. The van der Waals surface area contributed by atoms with Crippen molar-refractivity contribution in [3.8, 4) is 11.1 Å². The number of Topliss-reactive ketones (excluding diaryl/α,β-unsaturated/α-hetero) is 1. The number of ketones is 1. The van der Waals surface area contributed by atoms with Crippen LogP contribution < -0.4 is 0 Å². The molecule has 0 saturated carbocycles. The zero-order valence-corrected chi connectivity index (χ0v) is 10.5. The summed E-state index contributed by atoms with van der Waals surface area (Å²) in [5.41, 5.74) is 2.71. The van der Waals surface area contributed by atoms with Gasteiger partial charge in [0.15, 0.2) is 0 Å². The fraction of sp³-hybridized carbons (Fsp3) is 0.133. The van der Waals surface area contributed by atoms with Gasteiger partial charge in [0.05, 0.1) is 4.92 Å². The molecule has 2 aromatic carbocycles. The maximum atomic E-state index is 11.0. The van der Waals surface area contributed by atoms with Crippen molar-refractivity contribution in [2.75, 3.05) is 0 Å². The molecule has 96 valence electrons. The second-order valence-electron chi connectivity index (χ2n) is 4.38. The van der Waals surface area contributed by atoms with Crippen LogP contribution in [0.3, 0.4) is 0 Å². The number of rotatable bonds is 4. The lowest BCUT2D eigenvalue weighted by molar-refractivity contribution is -0.384. The maximum Gasteiger partial charge on any atom is 0.270 e. The number of hydrogen-bond donors (Lipinski definition) is 0. The number of nitro benzene ring substituents is 1. The zero-order valence-electron chi connectivity index (χ0n) is 10.5. The van der Waals surface area contributed by atoms with Crippen LogP contribution in [0.2, 0.25) is 0 Å². The van der Waals surface area contributed by atoms with Gasteiger partial charge in [-0.2, -0.15) is 0 Å². The van der Waals surface area contributed by atoms with E-state index in [2.05, 4.69) is 0 Å². The molecule has 0 radical (unpaired) electrons. The van der Waals surface area contributed by atoms with Gasteiger partial charge in [0, 0.05) is 18.6 Å². The minimum Gasteiger partial charge on any atom is -0.300 e. The Morgan fingerprint density at radius 2 is 1.79 bits per heavy atom. The SMILES string of the molecule is CC(=O)Cc1ccc(-c2cccc([N+](=O)[O-])c2)cc1. The van der Waals surface area contributed by atoms with Crippen molar-refractivity contribution in [2.24, 2.45) is 0 Å². The first-order valence-electron chi connectivity index (χ1n) is 5.89. The minimum absolute atomic E-state index is 0.0744. The molecule has 4 heteroatoms. The standard InChI is InChI=1S/C15H13NO3/c1-11(17)9-12-5-7-13(8-6-12)14-3-2-4-15(10-14)16(18)19/h2-8,10H,9H2,1H3. The quantitative estimate of drug-likeness (QED) is 0.621. The Morgan fingerprint density at radius 1 is 1.11 bits per heavy atom. The Bertz CT molecular complexity index is 618. The van der Waals surface area contributed by atoms with Gasteiger partial charge in [-0.25, -0.2) is 0 Å². The summed E-state index contributed by atoms with van der Waals surface area (Å²) in [6, 6.07) is 14.0. The van der Waals surface area contributed by atoms with Crippen LogP contribution in [-0.4, -0.2) is 10.7 Å². The summed E-state index contributed by atoms with van der Waals surface area (Å²) in [7, 11) is 0. The normalized spacial score (nSPS) is 10.2. The third-order valence-corrected chi connectivity index (χ3v) is 2.80. The van der Waals surface area contributed by atoms with E-state index in [9.17, 15) is 14.9 Å². The van der Waals surface area contributed by atoms with Crippen LogP contribution in [-0.2, 0) is 11.2 Å². The summed E-state index contributed by atoms with van der Waals surface area (Å²) in [5.74, 6) is 0.114. The molecule has 0 heterocycles. The largest absolute Gasteiger partial charge is 0.300 e. The van der Waals surface area contributed by atoms with E-state index >= 15 is 0 Å². The molecule has 0 spiro atoms. The Hall–Kier alpha value is -2.49. The van der Waals surface area contributed by atoms with E-state index in [0.717, 1.165) is 16.7 Å². The molecule has 0 saturated heterocycles. The molecular formula is C15H13NO3. The number of non-ortho nitro benzene ring substituents is 1. The molecule has 0 unspecified atom stereocenters.